The van der Waals surface area contributed by atoms with Crippen LogP contribution in [-0.4, -0.2) is 17.9 Å². The molecule has 16 heavy (non-hydrogen) atoms. The molecule has 0 radical (unpaired) electrons. The van der Waals surface area contributed by atoms with E-state index in [0.717, 1.165) is 5.56 Å². The molecule has 0 amide bonds. The van der Waals surface area contributed by atoms with Crippen molar-refractivity contribution in [2.75, 3.05) is 0 Å². The maximum Gasteiger partial charge on any atom is 0.338 e. The van der Waals surface area contributed by atoms with E-state index in [2.05, 4.69) is 4.99 Å². The highest BCUT2D eigenvalue weighted by molar-refractivity contribution is 6.06. The number of benzene rings is 1. The minimum absolute atomic E-state index is 0.176. The molecule has 1 aliphatic rings. The van der Waals surface area contributed by atoms with Gasteiger partial charge in [-0.15, -0.1) is 0 Å². The van der Waals surface area contributed by atoms with Gasteiger partial charge in [0.05, 0.1) is 0 Å². The van der Waals surface area contributed by atoms with Gasteiger partial charge < -0.3 is 4.74 Å². The minimum atomic E-state index is -0.351. The highest BCUT2D eigenvalue weighted by Gasteiger charge is 2.31. The van der Waals surface area contributed by atoms with Gasteiger partial charge >= 0.3 is 5.97 Å². The molecular formula is C13H15NO2. The molecule has 1 aromatic rings. The van der Waals surface area contributed by atoms with E-state index in [1.54, 1.807) is 0 Å². The van der Waals surface area contributed by atoms with E-state index in [1.165, 1.54) is 5.56 Å². The maximum atomic E-state index is 11.5. The first-order valence-electron chi connectivity index (χ1n) is 5.44. The number of aliphatic imine (C=N–C) groups is 1. The first-order valence-corrected chi connectivity index (χ1v) is 5.44. The quantitative estimate of drug-likeness (QED) is 0.713. The summed E-state index contributed by atoms with van der Waals surface area (Å²) in [4.78, 5) is 15.8. The second kappa shape index (κ2) is 4.08. The number of cyclic esters (lactones) is 1. The first kappa shape index (κ1) is 10.9. The Morgan fingerprint density at radius 3 is 2.38 bits per heavy atom. The van der Waals surface area contributed by atoms with E-state index >= 15 is 0 Å². The Kier molecular flexibility index (Phi) is 2.77. The summed E-state index contributed by atoms with van der Waals surface area (Å²) in [6.45, 7) is 5.95. The number of nitrogens with zero attached hydrogens (tertiary/aromatic N) is 1. The molecule has 2 rings (SSSR count). The van der Waals surface area contributed by atoms with Crippen molar-refractivity contribution in [1.82, 2.24) is 0 Å². The molecule has 0 aliphatic carbocycles. The molecule has 0 saturated carbocycles. The molecule has 0 aromatic heterocycles. The Labute approximate surface area is 95.2 Å². The third kappa shape index (κ3) is 1.98. The Morgan fingerprint density at radius 1 is 1.25 bits per heavy atom. The topological polar surface area (TPSA) is 38.7 Å². The predicted molar refractivity (Wildman–Crippen MR) is 62.4 cm³/mol. The molecule has 3 heteroatoms. The molecule has 1 heterocycles. The Morgan fingerprint density at radius 2 is 1.88 bits per heavy atom. The lowest BCUT2D eigenvalue weighted by Crippen LogP contribution is -2.20. The van der Waals surface area contributed by atoms with Crippen LogP contribution in [0.2, 0.25) is 0 Å². The van der Waals surface area contributed by atoms with Gasteiger partial charge in [0.2, 0.25) is 5.90 Å². The molecule has 0 bridgehead atoms. The minimum Gasteiger partial charge on any atom is -0.406 e. The third-order valence-electron chi connectivity index (χ3n) is 2.63. The number of hydrogen-bond donors (Lipinski definition) is 0. The molecule has 0 saturated heterocycles. The normalized spacial score (nSPS) is 19.9. The van der Waals surface area contributed by atoms with Crippen molar-refractivity contribution in [1.29, 1.82) is 0 Å². The summed E-state index contributed by atoms with van der Waals surface area (Å²) >= 11 is 0. The monoisotopic (exact) mass is 217 g/mol. The van der Waals surface area contributed by atoms with Crippen LogP contribution in [0.15, 0.2) is 29.3 Å². The SMILES string of the molecule is Cc1ccc(C2=NC(C(C)C)C(=O)O2)cc1. The molecule has 0 fully saturated rings. The van der Waals surface area contributed by atoms with Gasteiger partial charge in [-0.25, -0.2) is 9.79 Å². The smallest absolute Gasteiger partial charge is 0.338 e. The molecule has 1 aliphatic heterocycles. The molecule has 3 nitrogen and oxygen atoms in total. The maximum absolute atomic E-state index is 11.5. The van der Waals surface area contributed by atoms with Crippen molar-refractivity contribution >= 4 is 11.9 Å². The molecular weight excluding hydrogens is 202 g/mol. The van der Waals surface area contributed by atoms with E-state index in [-0.39, 0.29) is 17.9 Å². The average Bonchev–Trinajstić information content (AvgIpc) is 2.61. The van der Waals surface area contributed by atoms with Gasteiger partial charge in [-0.2, -0.15) is 0 Å². The summed E-state index contributed by atoms with van der Waals surface area (Å²) in [7, 11) is 0. The van der Waals surface area contributed by atoms with Gasteiger partial charge in [0.1, 0.15) is 0 Å². The predicted octanol–water partition coefficient (Wildman–Crippen LogP) is 2.32. The summed E-state index contributed by atoms with van der Waals surface area (Å²) < 4.78 is 5.17. The molecule has 84 valence electrons. The standard InChI is InChI=1S/C13H15NO2/c1-8(2)11-13(15)16-12(14-11)10-6-4-9(3)5-7-10/h4-8,11H,1-3H3. The van der Waals surface area contributed by atoms with Gasteiger partial charge in [0.15, 0.2) is 6.04 Å². The summed E-state index contributed by atoms with van der Waals surface area (Å²) in [5.41, 5.74) is 2.04. The largest absolute Gasteiger partial charge is 0.406 e. The molecule has 0 spiro atoms. The van der Waals surface area contributed by atoms with Gasteiger partial charge in [0.25, 0.3) is 0 Å². The van der Waals surface area contributed by atoms with E-state index in [1.807, 2.05) is 45.0 Å². The summed E-state index contributed by atoms with van der Waals surface area (Å²) in [5, 5.41) is 0. The Balaban J connectivity index is 2.27. The number of hydrogen-bond acceptors (Lipinski definition) is 3. The van der Waals surface area contributed by atoms with Crippen LogP contribution in [0.3, 0.4) is 0 Å². The van der Waals surface area contributed by atoms with Gasteiger partial charge in [0, 0.05) is 5.56 Å². The summed E-state index contributed by atoms with van der Waals surface area (Å²) in [5.74, 6) is 0.379. The number of carbonyl (C=O) groups excluding carboxylic acids is 1. The van der Waals surface area contributed by atoms with E-state index in [0.29, 0.717) is 5.90 Å². The van der Waals surface area contributed by atoms with Crippen LogP contribution in [0.1, 0.15) is 25.0 Å². The van der Waals surface area contributed by atoms with Crippen molar-refractivity contribution in [2.24, 2.45) is 10.9 Å². The average molecular weight is 217 g/mol. The van der Waals surface area contributed by atoms with Crippen molar-refractivity contribution in [2.45, 2.75) is 26.8 Å². The van der Waals surface area contributed by atoms with Crippen molar-refractivity contribution in [3.8, 4) is 0 Å². The Bertz CT molecular complexity index is 432. The van der Waals surface area contributed by atoms with Crippen LogP contribution in [0.5, 0.6) is 0 Å². The summed E-state index contributed by atoms with van der Waals surface area (Å²) in [6.07, 6.45) is 0. The highest BCUT2D eigenvalue weighted by atomic mass is 16.6. The van der Waals surface area contributed by atoms with Gasteiger partial charge in [-0.1, -0.05) is 31.5 Å². The lowest BCUT2D eigenvalue weighted by molar-refractivity contribution is -0.135. The zero-order valence-electron chi connectivity index (χ0n) is 9.73. The van der Waals surface area contributed by atoms with Crippen LogP contribution >= 0.6 is 0 Å². The molecule has 1 atom stereocenters. The van der Waals surface area contributed by atoms with E-state index < -0.39 is 0 Å². The van der Waals surface area contributed by atoms with Crippen LogP contribution < -0.4 is 0 Å². The number of carbonyl (C=O) groups is 1. The van der Waals surface area contributed by atoms with Crippen LogP contribution in [0.4, 0.5) is 0 Å². The van der Waals surface area contributed by atoms with Crippen LogP contribution in [-0.2, 0) is 9.53 Å². The lowest BCUT2D eigenvalue weighted by Gasteiger charge is -2.04. The Hall–Kier alpha value is -1.64. The second-order valence-corrected chi connectivity index (χ2v) is 4.41. The number of rotatable bonds is 2. The fourth-order valence-electron chi connectivity index (χ4n) is 1.61. The first-order chi connectivity index (χ1) is 7.58. The highest BCUT2D eigenvalue weighted by Crippen LogP contribution is 2.19. The third-order valence-corrected chi connectivity index (χ3v) is 2.63. The second-order valence-electron chi connectivity index (χ2n) is 4.41. The van der Waals surface area contributed by atoms with Crippen LogP contribution in [0.25, 0.3) is 0 Å². The van der Waals surface area contributed by atoms with Crippen molar-refractivity contribution in [3.05, 3.63) is 35.4 Å². The fourth-order valence-corrected chi connectivity index (χ4v) is 1.61. The van der Waals surface area contributed by atoms with Crippen LogP contribution in [0, 0.1) is 12.8 Å². The number of ether oxygens (including phenoxy) is 1. The van der Waals surface area contributed by atoms with E-state index in [9.17, 15) is 4.79 Å². The molecule has 1 aromatic carbocycles. The number of aryl methyl sites for hydroxylation is 1. The zero-order valence-corrected chi connectivity index (χ0v) is 9.73. The van der Waals surface area contributed by atoms with Gasteiger partial charge in [-0.3, -0.25) is 0 Å². The van der Waals surface area contributed by atoms with Crippen molar-refractivity contribution < 1.29 is 9.53 Å². The number of esters is 1. The zero-order chi connectivity index (χ0) is 11.7. The van der Waals surface area contributed by atoms with Gasteiger partial charge in [-0.05, 0) is 25.0 Å². The van der Waals surface area contributed by atoms with E-state index in [4.69, 9.17) is 4.74 Å². The molecule has 0 N–H and O–H groups in total. The molecule has 1 unspecified atom stereocenters. The lowest BCUT2D eigenvalue weighted by atomic mass is 10.1. The van der Waals surface area contributed by atoms with Crippen molar-refractivity contribution in [3.63, 3.8) is 0 Å². The fraction of sp³-hybridized carbons (Fsp3) is 0.385. The summed E-state index contributed by atoms with van der Waals surface area (Å²) in [6, 6.07) is 7.45.